The maximum Gasteiger partial charge on any atom is 0.264 e. The van der Waals surface area contributed by atoms with E-state index in [0.29, 0.717) is 30.0 Å². The number of nitrogens with zero attached hydrogens (tertiary/aromatic N) is 1. The van der Waals surface area contributed by atoms with Crippen LogP contribution < -0.4 is 5.32 Å². The monoisotopic (exact) mass is 340 g/mol. The zero-order chi connectivity index (χ0) is 15.6. The number of carbonyl (C=O) groups excluding carboxylic acids is 2. The van der Waals surface area contributed by atoms with Gasteiger partial charge in [0.05, 0.1) is 10.5 Å². The van der Waals surface area contributed by atoms with E-state index in [1.807, 2.05) is 11.4 Å². The summed E-state index contributed by atoms with van der Waals surface area (Å²) in [6.07, 6.45) is 2.24. The first-order valence-electron chi connectivity index (χ1n) is 7.51. The van der Waals surface area contributed by atoms with E-state index in [9.17, 15) is 14.7 Å². The van der Waals surface area contributed by atoms with Crippen LogP contribution in [0.25, 0.3) is 0 Å². The number of rotatable bonds is 4. The maximum absolute atomic E-state index is 12.5. The molecule has 0 bridgehead atoms. The molecule has 120 valence electrons. The quantitative estimate of drug-likeness (QED) is 0.868. The third-order valence-corrected chi connectivity index (χ3v) is 6.31. The van der Waals surface area contributed by atoms with Crippen LogP contribution in [0.3, 0.4) is 0 Å². The molecule has 2 saturated heterocycles. The topological polar surface area (TPSA) is 69.6 Å². The Morgan fingerprint density at radius 3 is 3.05 bits per heavy atom. The van der Waals surface area contributed by atoms with E-state index >= 15 is 0 Å². The smallest absolute Gasteiger partial charge is 0.264 e. The predicted octanol–water partition coefficient (Wildman–Crippen LogP) is 1.34. The molecule has 2 amide bonds. The normalized spacial score (nSPS) is 28.0. The van der Waals surface area contributed by atoms with Gasteiger partial charge in [0.2, 0.25) is 5.91 Å². The summed E-state index contributed by atoms with van der Waals surface area (Å²) in [7, 11) is 0. The molecular weight excluding hydrogens is 320 g/mol. The molecule has 2 fully saturated rings. The van der Waals surface area contributed by atoms with Crippen LogP contribution in [0.4, 0.5) is 0 Å². The molecule has 1 aromatic rings. The number of hydrogen-bond donors (Lipinski definition) is 2. The fraction of sp³-hybridized carbons (Fsp3) is 0.600. The molecule has 0 aliphatic carbocycles. The lowest BCUT2D eigenvalue weighted by molar-refractivity contribution is -0.125. The largest absolute Gasteiger partial charge is 0.387 e. The lowest BCUT2D eigenvalue weighted by Gasteiger charge is -2.26. The van der Waals surface area contributed by atoms with E-state index < -0.39 is 11.6 Å². The fourth-order valence-electron chi connectivity index (χ4n) is 2.93. The first-order valence-corrected chi connectivity index (χ1v) is 9.55. The Morgan fingerprint density at radius 2 is 2.36 bits per heavy atom. The Balaban J connectivity index is 1.60. The van der Waals surface area contributed by atoms with Gasteiger partial charge < -0.3 is 15.3 Å². The van der Waals surface area contributed by atoms with Crippen LogP contribution in [0, 0.1) is 0 Å². The summed E-state index contributed by atoms with van der Waals surface area (Å²) in [5.74, 6) is 1.38. The van der Waals surface area contributed by atoms with Gasteiger partial charge in [0, 0.05) is 18.8 Å². The number of carbonyl (C=O) groups is 2. The molecule has 2 N–H and O–H groups in total. The summed E-state index contributed by atoms with van der Waals surface area (Å²) in [6.45, 7) is 0.894. The number of nitrogens with one attached hydrogen (secondary N) is 1. The van der Waals surface area contributed by atoms with Crippen LogP contribution in [0.15, 0.2) is 17.5 Å². The van der Waals surface area contributed by atoms with Gasteiger partial charge in [0.1, 0.15) is 6.04 Å². The van der Waals surface area contributed by atoms with Crippen LogP contribution in [-0.2, 0) is 4.79 Å². The highest BCUT2D eigenvalue weighted by Crippen LogP contribution is 2.27. The molecule has 22 heavy (non-hydrogen) atoms. The Morgan fingerprint density at radius 1 is 1.50 bits per heavy atom. The molecule has 0 radical (unpaired) electrons. The van der Waals surface area contributed by atoms with Gasteiger partial charge in [0.15, 0.2) is 0 Å². The van der Waals surface area contributed by atoms with Crippen molar-refractivity contribution in [2.45, 2.75) is 30.9 Å². The minimum absolute atomic E-state index is 0.0669. The molecule has 7 heteroatoms. The van der Waals surface area contributed by atoms with Gasteiger partial charge in [-0.25, -0.2) is 0 Å². The Bertz CT molecular complexity index is 541. The molecule has 3 rings (SSSR count). The van der Waals surface area contributed by atoms with E-state index in [1.165, 1.54) is 11.3 Å². The Kier molecular flexibility index (Phi) is 4.75. The standard InChI is InChI=1S/C15H20N2O3S2/c18-13(16-9-15(20)5-8-21-10-15)11-3-1-6-17(11)14(19)12-4-2-7-22-12/h2,4,7,11,20H,1,3,5-6,8-10H2,(H,16,18)/t11-,15?/m0/s1. The summed E-state index contributed by atoms with van der Waals surface area (Å²) in [4.78, 5) is 27.2. The van der Waals surface area contributed by atoms with Gasteiger partial charge in [-0.15, -0.1) is 11.3 Å². The number of amides is 2. The number of hydrogen-bond acceptors (Lipinski definition) is 5. The summed E-state index contributed by atoms with van der Waals surface area (Å²) >= 11 is 3.10. The fourth-order valence-corrected chi connectivity index (χ4v) is 4.90. The number of aliphatic hydroxyl groups is 1. The first-order chi connectivity index (χ1) is 10.6. The molecule has 2 atom stereocenters. The minimum atomic E-state index is -0.790. The van der Waals surface area contributed by atoms with Crippen molar-refractivity contribution in [1.82, 2.24) is 10.2 Å². The van der Waals surface area contributed by atoms with Gasteiger partial charge in [-0.05, 0) is 36.5 Å². The molecule has 2 aliphatic rings. The number of thioether (sulfide) groups is 1. The summed E-state index contributed by atoms with van der Waals surface area (Å²) in [6, 6.07) is 3.22. The second-order valence-electron chi connectivity index (χ2n) is 5.88. The molecule has 3 heterocycles. The SMILES string of the molecule is O=C(NCC1(O)CCSC1)[C@@H]1CCCN1C(=O)c1cccs1. The summed E-state index contributed by atoms with van der Waals surface area (Å²) in [5.41, 5.74) is -0.790. The zero-order valence-electron chi connectivity index (χ0n) is 12.3. The summed E-state index contributed by atoms with van der Waals surface area (Å²) < 4.78 is 0. The number of thiophene rings is 1. The molecular formula is C15H20N2O3S2. The highest BCUT2D eigenvalue weighted by molar-refractivity contribution is 7.99. The van der Waals surface area contributed by atoms with Crippen molar-refractivity contribution < 1.29 is 14.7 Å². The highest BCUT2D eigenvalue weighted by Gasteiger charge is 2.37. The van der Waals surface area contributed by atoms with Crippen LogP contribution >= 0.6 is 23.1 Å². The molecule has 2 aliphatic heterocycles. The van der Waals surface area contributed by atoms with Crippen molar-refractivity contribution in [3.8, 4) is 0 Å². The molecule has 0 saturated carbocycles. The van der Waals surface area contributed by atoms with Crippen LogP contribution in [0.5, 0.6) is 0 Å². The van der Waals surface area contributed by atoms with Crippen molar-refractivity contribution in [3.63, 3.8) is 0 Å². The van der Waals surface area contributed by atoms with E-state index in [-0.39, 0.29) is 18.4 Å². The van der Waals surface area contributed by atoms with Crippen LogP contribution in [0.1, 0.15) is 28.9 Å². The zero-order valence-corrected chi connectivity index (χ0v) is 13.9. The van der Waals surface area contributed by atoms with Crippen LogP contribution in [0.2, 0.25) is 0 Å². The van der Waals surface area contributed by atoms with Crippen molar-refractivity contribution in [3.05, 3.63) is 22.4 Å². The molecule has 1 unspecified atom stereocenters. The minimum Gasteiger partial charge on any atom is -0.387 e. The lowest BCUT2D eigenvalue weighted by atomic mass is 10.0. The Labute approximate surface area is 138 Å². The van der Waals surface area contributed by atoms with E-state index in [0.717, 1.165) is 12.2 Å². The van der Waals surface area contributed by atoms with Crippen molar-refractivity contribution >= 4 is 34.9 Å². The molecule has 0 spiro atoms. The van der Waals surface area contributed by atoms with E-state index in [1.54, 1.807) is 22.7 Å². The van der Waals surface area contributed by atoms with E-state index in [4.69, 9.17) is 0 Å². The third-order valence-electron chi connectivity index (χ3n) is 4.22. The van der Waals surface area contributed by atoms with E-state index in [2.05, 4.69) is 5.32 Å². The summed E-state index contributed by atoms with van der Waals surface area (Å²) in [5, 5.41) is 15.0. The van der Waals surface area contributed by atoms with Gasteiger partial charge >= 0.3 is 0 Å². The second-order valence-corrected chi connectivity index (χ2v) is 7.93. The van der Waals surface area contributed by atoms with Gasteiger partial charge in [-0.1, -0.05) is 6.07 Å². The van der Waals surface area contributed by atoms with Crippen LogP contribution in [-0.4, -0.2) is 58.1 Å². The highest BCUT2D eigenvalue weighted by atomic mass is 32.2. The van der Waals surface area contributed by atoms with Gasteiger partial charge in [-0.2, -0.15) is 11.8 Å². The molecule has 5 nitrogen and oxygen atoms in total. The average Bonchev–Trinajstić information content (AvgIpc) is 3.25. The lowest BCUT2D eigenvalue weighted by Crippen LogP contribution is -2.50. The second kappa shape index (κ2) is 6.60. The van der Waals surface area contributed by atoms with Gasteiger partial charge in [0.25, 0.3) is 5.91 Å². The van der Waals surface area contributed by atoms with Crippen molar-refractivity contribution in [2.75, 3.05) is 24.6 Å². The first kappa shape index (κ1) is 15.8. The third kappa shape index (κ3) is 3.31. The van der Waals surface area contributed by atoms with Gasteiger partial charge in [-0.3, -0.25) is 9.59 Å². The number of likely N-dealkylation sites (tertiary alicyclic amines) is 1. The Hall–Kier alpha value is -1.05. The molecule has 1 aromatic heterocycles. The van der Waals surface area contributed by atoms with Crippen molar-refractivity contribution in [2.24, 2.45) is 0 Å². The predicted molar refractivity (Wildman–Crippen MR) is 88.3 cm³/mol. The maximum atomic E-state index is 12.5. The average molecular weight is 340 g/mol. The van der Waals surface area contributed by atoms with Crippen molar-refractivity contribution in [1.29, 1.82) is 0 Å². The molecule has 0 aromatic carbocycles.